The first kappa shape index (κ1) is 11.2. The summed E-state index contributed by atoms with van der Waals surface area (Å²) in [5.41, 5.74) is 7.55. The van der Waals surface area contributed by atoms with Crippen LogP contribution < -0.4 is 11.1 Å². The highest BCUT2D eigenvalue weighted by atomic mass is 16.5. The molecule has 4 nitrogen and oxygen atoms in total. The topological polar surface area (TPSA) is 60.2 Å². The maximum absolute atomic E-state index is 5.83. The van der Waals surface area contributed by atoms with Gasteiger partial charge >= 0.3 is 0 Å². The molecule has 1 unspecified atom stereocenters. The van der Waals surface area contributed by atoms with E-state index in [-0.39, 0.29) is 5.60 Å². The van der Waals surface area contributed by atoms with Crippen LogP contribution in [0.3, 0.4) is 0 Å². The first-order chi connectivity index (χ1) is 7.59. The molecule has 1 aromatic rings. The predicted molar refractivity (Wildman–Crippen MR) is 65.5 cm³/mol. The molecule has 1 aromatic heterocycles. The summed E-state index contributed by atoms with van der Waals surface area (Å²) >= 11 is 0. The van der Waals surface area contributed by atoms with Crippen molar-refractivity contribution in [2.24, 2.45) is 0 Å². The molecule has 1 aliphatic rings. The third-order valence-electron chi connectivity index (χ3n) is 3.09. The third kappa shape index (κ3) is 2.44. The maximum atomic E-state index is 5.83. The van der Waals surface area contributed by atoms with E-state index in [9.17, 15) is 0 Å². The molecule has 2 rings (SSSR count). The molecule has 0 amide bonds. The number of nitrogens with two attached hydrogens (primary N) is 1. The van der Waals surface area contributed by atoms with E-state index in [1.807, 2.05) is 13.0 Å². The van der Waals surface area contributed by atoms with Gasteiger partial charge in [-0.1, -0.05) is 0 Å². The molecular formula is C12H19N3O. The molecule has 0 bridgehead atoms. The number of ether oxygens (including phenoxy) is 1. The summed E-state index contributed by atoms with van der Waals surface area (Å²) in [6.07, 6.45) is 4.03. The fraction of sp³-hybridized carbons (Fsp3) is 0.583. The first-order valence-electron chi connectivity index (χ1n) is 5.69. The summed E-state index contributed by atoms with van der Waals surface area (Å²) in [7, 11) is 0. The molecule has 0 spiro atoms. The lowest BCUT2D eigenvalue weighted by atomic mass is 10.0. The minimum atomic E-state index is -0.0542. The van der Waals surface area contributed by atoms with Crippen molar-refractivity contribution in [2.75, 3.05) is 24.2 Å². The molecule has 4 heteroatoms. The Kier molecular flexibility index (Phi) is 3.01. The highest BCUT2D eigenvalue weighted by Crippen LogP contribution is 2.25. The number of rotatable bonds is 3. The van der Waals surface area contributed by atoms with Gasteiger partial charge < -0.3 is 15.8 Å². The van der Waals surface area contributed by atoms with E-state index in [0.717, 1.165) is 43.1 Å². The molecule has 88 valence electrons. The van der Waals surface area contributed by atoms with Crippen molar-refractivity contribution >= 4 is 11.5 Å². The second-order valence-electron chi connectivity index (χ2n) is 4.68. The Morgan fingerprint density at radius 2 is 2.44 bits per heavy atom. The van der Waals surface area contributed by atoms with E-state index in [4.69, 9.17) is 10.5 Å². The molecule has 1 fully saturated rings. The Morgan fingerprint density at radius 1 is 1.62 bits per heavy atom. The van der Waals surface area contributed by atoms with Crippen molar-refractivity contribution in [1.82, 2.24) is 4.98 Å². The van der Waals surface area contributed by atoms with Crippen LogP contribution in [0.25, 0.3) is 0 Å². The maximum Gasteiger partial charge on any atom is 0.128 e. The second-order valence-corrected chi connectivity index (χ2v) is 4.68. The molecule has 0 radical (unpaired) electrons. The van der Waals surface area contributed by atoms with Crippen molar-refractivity contribution in [3.63, 3.8) is 0 Å². The zero-order chi connectivity index (χ0) is 11.6. The van der Waals surface area contributed by atoms with E-state index in [2.05, 4.69) is 17.2 Å². The fourth-order valence-corrected chi connectivity index (χ4v) is 1.89. The molecule has 0 aliphatic carbocycles. The van der Waals surface area contributed by atoms with E-state index in [0.29, 0.717) is 0 Å². The minimum absolute atomic E-state index is 0.0542. The second kappa shape index (κ2) is 4.29. The lowest BCUT2D eigenvalue weighted by Crippen LogP contribution is -2.32. The average Bonchev–Trinajstić information content (AvgIpc) is 2.68. The normalized spacial score (nSPS) is 24.6. The van der Waals surface area contributed by atoms with Gasteiger partial charge in [-0.25, -0.2) is 4.98 Å². The number of anilines is 2. The Balaban J connectivity index is 1.96. The number of nitrogen functional groups attached to an aromatic ring is 1. The van der Waals surface area contributed by atoms with Gasteiger partial charge in [0.2, 0.25) is 0 Å². The van der Waals surface area contributed by atoms with Crippen LogP contribution in [0.5, 0.6) is 0 Å². The van der Waals surface area contributed by atoms with Crippen molar-refractivity contribution in [1.29, 1.82) is 0 Å². The summed E-state index contributed by atoms with van der Waals surface area (Å²) in [5, 5.41) is 3.28. The van der Waals surface area contributed by atoms with Gasteiger partial charge in [0.05, 0.1) is 5.60 Å². The predicted octanol–water partition coefficient (Wildman–Crippen LogP) is 1.95. The number of aryl methyl sites for hydroxylation is 1. The molecule has 0 saturated carbocycles. The molecule has 1 saturated heterocycles. The van der Waals surface area contributed by atoms with Gasteiger partial charge in [0.15, 0.2) is 0 Å². The Morgan fingerprint density at radius 3 is 3.06 bits per heavy atom. The van der Waals surface area contributed by atoms with Crippen LogP contribution in [0, 0.1) is 6.92 Å². The Bertz CT molecular complexity index is 373. The molecule has 16 heavy (non-hydrogen) atoms. The number of hydrogen-bond donors (Lipinski definition) is 2. The van der Waals surface area contributed by atoms with Gasteiger partial charge in [0.25, 0.3) is 0 Å². The number of nitrogens with one attached hydrogen (secondary N) is 1. The van der Waals surface area contributed by atoms with Crippen LogP contribution in [0.4, 0.5) is 11.5 Å². The van der Waals surface area contributed by atoms with Gasteiger partial charge in [-0.15, -0.1) is 0 Å². The quantitative estimate of drug-likeness (QED) is 0.819. The zero-order valence-corrected chi connectivity index (χ0v) is 9.92. The lowest BCUT2D eigenvalue weighted by Gasteiger charge is -2.23. The van der Waals surface area contributed by atoms with Gasteiger partial charge in [-0.05, 0) is 32.3 Å². The van der Waals surface area contributed by atoms with Crippen molar-refractivity contribution in [3.05, 3.63) is 17.8 Å². The van der Waals surface area contributed by atoms with Crippen LogP contribution in [-0.4, -0.2) is 23.7 Å². The summed E-state index contributed by atoms with van der Waals surface area (Å²) in [6, 6.07) is 1.87. The SMILES string of the molecule is Cc1cnc(NCC2(C)CCCO2)cc1N. The minimum Gasteiger partial charge on any atom is -0.398 e. The molecule has 2 heterocycles. The molecule has 1 aliphatic heterocycles. The number of pyridine rings is 1. The van der Waals surface area contributed by atoms with Gasteiger partial charge in [-0.2, -0.15) is 0 Å². The average molecular weight is 221 g/mol. The fourth-order valence-electron chi connectivity index (χ4n) is 1.89. The monoisotopic (exact) mass is 221 g/mol. The van der Waals surface area contributed by atoms with Crippen LogP contribution in [-0.2, 0) is 4.74 Å². The van der Waals surface area contributed by atoms with Crippen LogP contribution >= 0.6 is 0 Å². The zero-order valence-electron chi connectivity index (χ0n) is 9.92. The smallest absolute Gasteiger partial charge is 0.128 e. The lowest BCUT2D eigenvalue weighted by molar-refractivity contribution is 0.0315. The Labute approximate surface area is 96.2 Å². The highest BCUT2D eigenvalue weighted by Gasteiger charge is 2.29. The van der Waals surface area contributed by atoms with E-state index >= 15 is 0 Å². The number of hydrogen-bond acceptors (Lipinski definition) is 4. The largest absolute Gasteiger partial charge is 0.398 e. The van der Waals surface area contributed by atoms with Crippen LogP contribution in [0.15, 0.2) is 12.3 Å². The van der Waals surface area contributed by atoms with E-state index in [1.165, 1.54) is 0 Å². The number of nitrogens with zero attached hydrogens (tertiary/aromatic N) is 1. The molecule has 3 N–H and O–H groups in total. The van der Waals surface area contributed by atoms with Crippen LogP contribution in [0.1, 0.15) is 25.3 Å². The van der Waals surface area contributed by atoms with Crippen molar-refractivity contribution in [3.8, 4) is 0 Å². The number of aromatic nitrogens is 1. The van der Waals surface area contributed by atoms with Crippen LogP contribution in [0.2, 0.25) is 0 Å². The van der Waals surface area contributed by atoms with E-state index in [1.54, 1.807) is 6.20 Å². The first-order valence-corrected chi connectivity index (χ1v) is 5.69. The summed E-state index contributed by atoms with van der Waals surface area (Å²) in [5.74, 6) is 0.819. The van der Waals surface area contributed by atoms with E-state index < -0.39 is 0 Å². The van der Waals surface area contributed by atoms with Gasteiger partial charge in [0.1, 0.15) is 5.82 Å². The molecular weight excluding hydrogens is 202 g/mol. The van der Waals surface area contributed by atoms with Crippen molar-refractivity contribution < 1.29 is 4.74 Å². The van der Waals surface area contributed by atoms with Crippen molar-refractivity contribution in [2.45, 2.75) is 32.3 Å². The molecule has 1 atom stereocenters. The highest BCUT2D eigenvalue weighted by molar-refractivity contribution is 5.53. The Hall–Kier alpha value is -1.29. The summed E-state index contributed by atoms with van der Waals surface area (Å²) in [6.45, 7) is 5.72. The van der Waals surface area contributed by atoms with Gasteiger partial charge in [-0.3, -0.25) is 0 Å². The van der Waals surface area contributed by atoms with Gasteiger partial charge in [0, 0.05) is 31.1 Å². The standard InChI is InChI=1S/C12H19N3O/c1-9-7-14-11(6-10(9)13)15-8-12(2)4-3-5-16-12/h6-7H,3-5,8H2,1-2H3,(H3,13,14,15). The summed E-state index contributed by atoms with van der Waals surface area (Å²) in [4.78, 5) is 4.28. The third-order valence-corrected chi connectivity index (χ3v) is 3.09. The summed E-state index contributed by atoms with van der Waals surface area (Å²) < 4.78 is 5.69. The molecule has 0 aromatic carbocycles.